The number of ether oxygens (including phenoxy) is 1. The quantitative estimate of drug-likeness (QED) is 0.584. The van der Waals surface area contributed by atoms with Crippen LogP contribution >= 0.6 is 0 Å². The van der Waals surface area contributed by atoms with E-state index < -0.39 is 28.9 Å². The van der Waals surface area contributed by atoms with Gasteiger partial charge in [-0.1, -0.05) is 0 Å². The van der Waals surface area contributed by atoms with E-state index >= 15 is 0 Å². The van der Waals surface area contributed by atoms with E-state index in [0.717, 1.165) is 25.0 Å². The topological polar surface area (TPSA) is 79.4 Å². The van der Waals surface area contributed by atoms with Gasteiger partial charge in [-0.15, -0.1) is 0 Å². The van der Waals surface area contributed by atoms with Crippen LogP contribution in [0.5, 0.6) is 0 Å². The Hall–Kier alpha value is -2.88. The van der Waals surface area contributed by atoms with E-state index in [2.05, 4.69) is 25.5 Å². The Labute approximate surface area is 153 Å². The fourth-order valence-corrected chi connectivity index (χ4v) is 2.57. The summed E-state index contributed by atoms with van der Waals surface area (Å²) in [7, 11) is 0. The zero-order chi connectivity index (χ0) is 19.2. The Balaban J connectivity index is 1.50. The summed E-state index contributed by atoms with van der Waals surface area (Å²) in [5.74, 6) is -4.01. The van der Waals surface area contributed by atoms with Crippen molar-refractivity contribution in [3.05, 3.63) is 47.5 Å². The molecule has 144 valence electrons. The predicted octanol–water partition coefficient (Wildman–Crippen LogP) is 1.57. The van der Waals surface area contributed by atoms with Gasteiger partial charge in [-0.2, -0.15) is 0 Å². The molecule has 0 unspecified atom stereocenters. The molecule has 0 atom stereocenters. The van der Waals surface area contributed by atoms with Crippen molar-refractivity contribution in [3.8, 4) is 0 Å². The third-order valence-electron chi connectivity index (χ3n) is 3.98. The molecule has 1 aliphatic rings. The molecule has 1 aromatic carbocycles. The number of hydrogen-bond donors (Lipinski definition) is 2. The molecule has 1 fully saturated rings. The van der Waals surface area contributed by atoms with Crippen LogP contribution in [0.2, 0.25) is 0 Å². The Kier molecular flexibility index (Phi) is 6.07. The molecule has 0 radical (unpaired) electrons. The molecule has 10 heteroatoms. The Morgan fingerprint density at radius 1 is 1.11 bits per heavy atom. The fourth-order valence-electron chi connectivity index (χ4n) is 2.57. The van der Waals surface area contributed by atoms with E-state index in [1.54, 1.807) is 6.07 Å². The largest absolute Gasteiger partial charge is 0.378 e. The maximum absolute atomic E-state index is 13.6. The highest BCUT2D eigenvalue weighted by Gasteiger charge is 2.18. The standard InChI is InChI=1S/C17H18F3N5O2/c18-12-2-1-11(15(19)16(12)20)17(26)22-4-3-21-13-9-14(24-10-23-13)25-5-7-27-8-6-25/h1-2,9-10H,3-8H2,(H,22,26)(H,21,23,24). The molecule has 2 heterocycles. The van der Waals surface area contributed by atoms with Crippen LogP contribution in [-0.4, -0.2) is 55.3 Å². The molecule has 3 rings (SSSR count). The first-order valence-corrected chi connectivity index (χ1v) is 8.36. The Bertz CT molecular complexity index is 815. The van der Waals surface area contributed by atoms with E-state index in [9.17, 15) is 18.0 Å². The molecule has 0 saturated carbocycles. The van der Waals surface area contributed by atoms with Crippen LogP contribution in [0, 0.1) is 17.5 Å². The first-order chi connectivity index (χ1) is 13.1. The number of rotatable bonds is 6. The van der Waals surface area contributed by atoms with Gasteiger partial charge in [0.25, 0.3) is 5.91 Å². The number of carbonyl (C=O) groups is 1. The van der Waals surface area contributed by atoms with Crippen LogP contribution in [0.25, 0.3) is 0 Å². The van der Waals surface area contributed by atoms with Crippen molar-refractivity contribution >= 4 is 17.5 Å². The number of carbonyl (C=O) groups excluding carboxylic acids is 1. The molecule has 0 bridgehead atoms. The normalized spacial score (nSPS) is 14.1. The van der Waals surface area contributed by atoms with Gasteiger partial charge >= 0.3 is 0 Å². The van der Waals surface area contributed by atoms with Crippen LogP contribution in [0.1, 0.15) is 10.4 Å². The third-order valence-corrected chi connectivity index (χ3v) is 3.98. The van der Waals surface area contributed by atoms with Gasteiger partial charge in [-0.25, -0.2) is 23.1 Å². The maximum Gasteiger partial charge on any atom is 0.254 e. The molecular weight excluding hydrogens is 363 g/mol. The summed E-state index contributed by atoms with van der Waals surface area (Å²) < 4.78 is 45.0. The lowest BCUT2D eigenvalue weighted by Gasteiger charge is -2.27. The first kappa shape index (κ1) is 18.9. The molecule has 27 heavy (non-hydrogen) atoms. The highest BCUT2D eigenvalue weighted by molar-refractivity contribution is 5.94. The fraction of sp³-hybridized carbons (Fsp3) is 0.353. The van der Waals surface area contributed by atoms with Crippen LogP contribution in [0.4, 0.5) is 24.8 Å². The van der Waals surface area contributed by atoms with Crippen LogP contribution in [0.15, 0.2) is 24.5 Å². The van der Waals surface area contributed by atoms with Crippen LogP contribution < -0.4 is 15.5 Å². The summed E-state index contributed by atoms with van der Waals surface area (Å²) in [6, 6.07) is 3.39. The van der Waals surface area contributed by atoms with E-state index in [-0.39, 0.29) is 6.54 Å². The highest BCUT2D eigenvalue weighted by atomic mass is 19.2. The van der Waals surface area contributed by atoms with Crippen molar-refractivity contribution in [1.82, 2.24) is 15.3 Å². The number of benzene rings is 1. The molecule has 2 aromatic rings. The zero-order valence-corrected chi connectivity index (χ0v) is 14.3. The van der Waals surface area contributed by atoms with Crippen molar-refractivity contribution in [2.45, 2.75) is 0 Å². The number of morpholine rings is 1. The number of nitrogens with zero attached hydrogens (tertiary/aromatic N) is 3. The summed E-state index contributed by atoms with van der Waals surface area (Å²) in [6.07, 6.45) is 1.43. The maximum atomic E-state index is 13.6. The highest BCUT2D eigenvalue weighted by Crippen LogP contribution is 2.16. The van der Waals surface area contributed by atoms with Gasteiger partial charge < -0.3 is 20.3 Å². The SMILES string of the molecule is O=C(NCCNc1cc(N2CCOCC2)ncn1)c1ccc(F)c(F)c1F. The molecular formula is C17H18F3N5O2. The minimum atomic E-state index is -1.67. The molecule has 0 aliphatic carbocycles. The Morgan fingerprint density at radius 2 is 1.89 bits per heavy atom. The summed E-state index contributed by atoms with van der Waals surface area (Å²) in [5, 5.41) is 5.45. The lowest BCUT2D eigenvalue weighted by Crippen LogP contribution is -2.36. The molecule has 2 N–H and O–H groups in total. The number of amides is 1. The predicted molar refractivity (Wildman–Crippen MR) is 92.2 cm³/mol. The summed E-state index contributed by atoms with van der Waals surface area (Å²) in [4.78, 5) is 22.3. The van der Waals surface area contributed by atoms with Crippen LogP contribution in [0.3, 0.4) is 0 Å². The summed E-state index contributed by atoms with van der Waals surface area (Å²) in [6.45, 7) is 3.20. The molecule has 1 amide bonds. The van der Waals surface area contributed by atoms with Gasteiger partial charge in [-0.05, 0) is 12.1 Å². The number of nitrogens with one attached hydrogen (secondary N) is 2. The number of anilines is 2. The lowest BCUT2D eigenvalue weighted by molar-refractivity contribution is 0.0950. The van der Waals surface area contributed by atoms with E-state index in [1.807, 2.05) is 0 Å². The van der Waals surface area contributed by atoms with Crippen molar-refractivity contribution in [3.63, 3.8) is 0 Å². The smallest absolute Gasteiger partial charge is 0.254 e. The third kappa shape index (κ3) is 4.64. The second-order valence-corrected chi connectivity index (χ2v) is 5.77. The Morgan fingerprint density at radius 3 is 2.67 bits per heavy atom. The average molecular weight is 381 g/mol. The second-order valence-electron chi connectivity index (χ2n) is 5.77. The first-order valence-electron chi connectivity index (χ1n) is 8.36. The monoisotopic (exact) mass is 381 g/mol. The molecule has 1 aromatic heterocycles. The van der Waals surface area contributed by atoms with Crippen molar-refractivity contribution in [2.75, 3.05) is 49.6 Å². The van der Waals surface area contributed by atoms with Crippen molar-refractivity contribution < 1.29 is 22.7 Å². The minimum Gasteiger partial charge on any atom is -0.378 e. The van der Waals surface area contributed by atoms with Crippen molar-refractivity contribution in [2.24, 2.45) is 0 Å². The summed E-state index contributed by atoms with van der Waals surface area (Å²) >= 11 is 0. The number of hydrogen-bond acceptors (Lipinski definition) is 6. The van der Waals surface area contributed by atoms with E-state index in [4.69, 9.17) is 4.74 Å². The number of halogens is 3. The second kappa shape index (κ2) is 8.67. The van der Waals surface area contributed by atoms with Crippen LogP contribution in [-0.2, 0) is 4.74 Å². The van der Waals surface area contributed by atoms with E-state index in [0.29, 0.717) is 31.6 Å². The molecule has 7 nitrogen and oxygen atoms in total. The number of aromatic nitrogens is 2. The van der Waals surface area contributed by atoms with Crippen molar-refractivity contribution in [1.29, 1.82) is 0 Å². The van der Waals surface area contributed by atoms with Gasteiger partial charge in [0.1, 0.15) is 18.0 Å². The summed E-state index contributed by atoms with van der Waals surface area (Å²) in [5.41, 5.74) is -0.550. The minimum absolute atomic E-state index is 0.133. The zero-order valence-electron chi connectivity index (χ0n) is 14.3. The van der Waals surface area contributed by atoms with Gasteiger partial charge in [-0.3, -0.25) is 4.79 Å². The van der Waals surface area contributed by atoms with Gasteiger partial charge in [0.15, 0.2) is 17.5 Å². The van der Waals surface area contributed by atoms with Gasteiger partial charge in [0.05, 0.1) is 18.8 Å². The average Bonchev–Trinajstić information content (AvgIpc) is 2.70. The van der Waals surface area contributed by atoms with Gasteiger partial charge in [0, 0.05) is 32.2 Å². The lowest BCUT2D eigenvalue weighted by atomic mass is 10.2. The van der Waals surface area contributed by atoms with Gasteiger partial charge in [0.2, 0.25) is 0 Å². The molecule has 1 aliphatic heterocycles. The van der Waals surface area contributed by atoms with E-state index in [1.165, 1.54) is 6.33 Å². The molecule has 1 saturated heterocycles. The molecule has 0 spiro atoms.